The number of nitrogens with zero attached hydrogens (tertiary/aromatic N) is 1. The van der Waals surface area contributed by atoms with Gasteiger partial charge in [0.2, 0.25) is 0 Å². The van der Waals surface area contributed by atoms with Crippen LogP contribution in [0.2, 0.25) is 5.02 Å². The second-order valence-corrected chi connectivity index (χ2v) is 7.94. The van der Waals surface area contributed by atoms with Crippen molar-refractivity contribution in [2.24, 2.45) is 0 Å². The molecule has 25 heavy (non-hydrogen) atoms. The Morgan fingerprint density at radius 1 is 1.32 bits per heavy atom. The van der Waals surface area contributed by atoms with Crippen molar-refractivity contribution in [2.45, 2.75) is 19.0 Å². The van der Waals surface area contributed by atoms with Crippen molar-refractivity contribution in [2.75, 3.05) is 6.54 Å². The van der Waals surface area contributed by atoms with Gasteiger partial charge in [-0.25, -0.2) is 10.1 Å². The van der Waals surface area contributed by atoms with Crippen LogP contribution in [0.25, 0.3) is 0 Å². The number of thiophene rings is 1. The molecule has 0 saturated heterocycles. The average molecular weight is 404 g/mol. The molecule has 0 bridgehead atoms. The Hall–Kier alpha value is -1.49. The first-order valence-corrected chi connectivity index (χ1v) is 9.85. The standard InChI is InChI=1S/C15H14ClNO6S2/c16-12-4-2-1-3-11(12)14(15(18)22-25(20,21)23-19)17-7-5-13-10(9-17)6-8-24-13/h1-4,6,8,14,19H,5,7,9H2/t14-/m0/s1. The summed E-state index contributed by atoms with van der Waals surface area (Å²) in [6, 6.07) is 7.55. The van der Waals surface area contributed by atoms with Gasteiger partial charge in [-0.15, -0.1) is 11.3 Å². The van der Waals surface area contributed by atoms with E-state index in [1.54, 1.807) is 40.5 Å². The van der Waals surface area contributed by atoms with Gasteiger partial charge in [0.05, 0.1) is 0 Å². The summed E-state index contributed by atoms with van der Waals surface area (Å²) in [6.07, 6.45) is 0.727. The van der Waals surface area contributed by atoms with E-state index < -0.39 is 22.4 Å². The summed E-state index contributed by atoms with van der Waals surface area (Å²) >= 11 is 7.85. The summed E-state index contributed by atoms with van der Waals surface area (Å²) in [5.74, 6) is -1.10. The quantitative estimate of drug-likeness (QED) is 0.606. The maximum absolute atomic E-state index is 12.5. The average Bonchev–Trinajstić information content (AvgIpc) is 3.04. The molecule has 1 aromatic carbocycles. The second kappa shape index (κ2) is 7.40. The van der Waals surface area contributed by atoms with Crippen LogP contribution < -0.4 is 0 Å². The molecule has 1 aliphatic rings. The van der Waals surface area contributed by atoms with Gasteiger partial charge in [0.1, 0.15) is 6.04 Å². The van der Waals surface area contributed by atoms with E-state index in [1.165, 1.54) is 4.88 Å². The molecule has 134 valence electrons. The Balaban J connectivity index is 1.95. The van der Waals surface area contributed by atoms with Crippen LogP contribution in [0.3, 0.4) is 0 Å². The highest BCUT2D eigenvalue weighted by atomic mass is 35.5. The molecule has 0 saturated carbocycles. The van der Waals surface area contributed by atoms with Crippen molar-refractivity contribution in [3.63, 3.8) is 0 Å². The number of carbonyl (C=O) groups excluding carboxylic acids is 1. The van der Waals surface area contributed by atoms with Crippen LogP contribution in [0.1, 0.15) is 22.0 Å². The van der Waals surface area contributed by atoms with Crippen molar-refractivity contribution < 1.29 is 27.0 Å². The number of rotatable bonds is 5. The SMILES string of the molecule is O=C(OS(=O)(=O)OO)[C@H](c1ccccc1Cl)N1CCc2sccc2C1. The van der Waals surface area contributed by atoms with E-state index in [9.17, 15) is 13.2 Å². The molecular formula is C15H14ClNO6S2. The Bertz CT molecular complexity index is 882. The summed E-state index contributed by atoms with van der Waals surface area (Å²) < 4.78 is 30.2. The van der Waals surface area contributed by atoms with Gasteiger partial charge in [-0.3, -0.25) is 4.90 Å². The molecule has 7 nitrogen and oxygen atoms in total. The molecular weight excluding hydrogens is 390 g/mol. The highest BCUT2D eigenvalue weighted by Crippen LogP contribution is 2.34. The number of carbonyl (C=O) groups is 1. The molecule has 0 spiro atoms. The fourth-order valence-electron chi connectivity index (χ4n) is 2.82. The Kier molecular flexibility index (Phi) is 5.42. The van der Waals surface area contributed by atoms with Gasteiger partial charge in [-0.05, 0) is 35.1 Å². The third-order valence-electron chi connectivity index (χ3n) is 3.90. The van der Waals surface area contributed by atoms with Crippen LogP contribution in [0.5, 0.6) is 0 Å². The zero-order valence-electron chi connectivity index (χ0n) is 12.8. The summed E-state index contributed by atoms with van der Waals surface area (Å²) in [7, 11) is -4.83. The van der Waals surface area contributed by atoms with E-state index in [4.69, 9.17) is 16.9 Å². The number of fused-ring (bicyclic) bond motifs is 1. The largest absolute Gasteiger partial charge is 0.478 e. The van der Waals surface area contributed by atoms with Crippen LogP contribution in [-0.2, 0) is 36.7 Å². The second-order valence-electron chi connectivity index (χ2n) is 5.40. The smallest absolute Gasteiger partial charge is 0.321 e. The predicted molar refractivity (Wildman–Crippen MR) is 91.4 cm³/mol. The highest BCUT2D eigenvalue weighted by molar-refractivity contribution is 7.82. The van der Waals surface area contributed by atoms with Gasteiger partial charge in [0.25, 0.3) is 0 Å². The molecule has 3 rings (SSSR count). The third kappa shape index (κ3) is 4.02. The molecule has 1 atom stereocenters. The minimum absolute atomic E-state index is 0.308. The van der Waals surface area contributed by atoms with E-state index in [0.717, 1.165) is 12.0 Å². The lowest BCUT2D eigenvalue weighted by Crippen LogP contribution is -2.39. The van der Waals surface area contributed by atoms with E-state index >= 15 is 0 Å². The van der Waals surface area contributed by atoms with Crippen molar-refractivity contribution in [1.82, 2.24) is 4.90 Å². The lowest BCUT2D eigenvalue weighted by Gasteiger charge is -2.33. The molecule has 2 heterocycles. The maximum atomic E-state index is 12.5. The van der Waals surface area contributed by atoms with Gasteiger partial charge < -0.3 is 4.18 Å². The molecule has 2 aromatic rings. The van der Waals surface area contributed by atoms with Crippen LogP contribution >= 0.6 is 22.9 Å². The number of hydrogen-bond acceptors (Lipinski definition) is 8. The molecule has 1 aromatic heterocycles. The van der Waals surface area contributed by atoms with Crippen LogP contribution in [0, 0.1) is 0 Å². The van der Waals surface area contributed by atoms with Gasteiger partial charge in [-0.1, -0.05) is 34.1 Å². The lowest BCUT2D eigenvalue weighted by molar-refractivity contribution is -0.157. The summed E-state index contributed by atoms with van der Waals surface area (Å²) in [5, 5.41) is 10.6. The fourth-order valence-corrected chi connectivity index (χ4v) is 4.27. The first-order chi connectivity index (χ1) is 11.9. The van der Waals surface area contributed by atoms with Gasteiger partial charge in [-0.2, -0.15) is 8.42 Å². The minimum Gasteiger partial charge on any atom is -0.321 e. The predicted octanol–water partition coefficient (Wildman–Crippen LogP) is 2.78. The van der Waals surface area contributed by atoms with Gasteiger partial charge in [0.15, 0.2) is 0 Å². The zero-order valence-corrected chi connectivity index (χ0v) is 15.2. The summed E-state index contributed by atoms with van der Waals surface area (Å²) in [5.41, 5.74) is 1.49. The molecule has 0 aliphatic carbocycles. The molecule has 0 unspecified atom stereocenters. The highest BCUT2D eigenvalue weighted by Gasteiger charge is 2.36. The topological polar surface area (TPSA) is 93.1 Å². The van der Waals surface area contributed by atoms with Crippen molar-refractivity contribution in [3.8, 4) is 0 Å². The molecule has 0 amide bonds. The third-order valence-corrected chi connectivity index (χ3v) is 5.82. The number of benzene rings is 1. The molecule has 1 aliphatic heterocycles. The van der Waals surface area contributed by atoms with Crippen LogP contribution in [0.15, 0.2) is 35.7 Å². The van der Waals surface area contributed by atoms with E-state index in [1.807, 2.05) is 11.4 Å². The van der Waals surface area contributed by atoms with Crippen molar-refractivity contribution >= 4 is 39.3 Å². The lowest BCUT2D eigenvalue weighted by atomic mass is 10.0. The molecule has 10 heteroatoms. The van der Waals surface area contributed by atoms with Gasteiger partial charge >= 0.3 is 16.4 Å². The minimum atomic E-state index is -4.83. The van der Waals surface area contributed by atoms with Crippen molar-refractivity contribution in [1.29, 1.82) is 0 Å². The first kappa shape index (κ1) is 18.3. The van der Waals surface area contributed by atoms with E-state index in [0.29, 0.717) is 23.7 Å². The summed E-state index contributed by atoms with van der Waals surface area (Å²) in [4.78, 5) is 15.5. The Morgan fingerprint density at radius 2 is 2.08 bits per heavy atom. The monoisotopic (exact) mass is 403 g/mol. The molecule has 0 fully saturated rings. The van der Waals surface area contributed by atoms with Gasteiger partial charge in [0, 0.05) is 23.0 Å². The van der Waals surface area contributed by atoms with Crippen LogP contribution in [0.4, 0.5) is 0 Å². The first-order valence-electron chi connectivity index (χ1n) is 7.26. The van der Waals surface area contributed by atoms with E-state index in [2.05, 4.69) is 8.52 Å². The fraction of sp³-hybridized carbons (Fsp3) is 0.267. The molecule has 0 radical (unpaired) electrons. The Labute approximate surface area is 153 Å². The number of hydrogen-bond donors (Lipinski definition) is 1. The van der Waals surface area contributed by atoms with E-state index in [-0.39, 0.29) is 0 Å². The zero-order chi connectivity index (χ0) is 18.0. The maximum Gasteiger partial charge on any atom is 0.478 e. The molecule has 1 N–H and O–H groups in total. The number of halogens is 1. The summed E-state index contributed by atoms with van der Waals surface area (Å²) in [6.45, 7) is 0.975. The normalized spacial score (nSPS) is 16.2. The van der Waals surface area contributed by atoms with Crippen LogP contribution in [-0.4, -0.2) is 31.1 Å². The van der Waals surface area contributed by atoms with Crippen molar-refractivity contribution in [3.05, 3.63) is 56.7 Å². The Morgan fingerprint density at radius 3 is 2.80 bits per heavy atom.